The molecule has 2 heteroatoms. The predicted molar refractivity (Wildman–Crippen MR) is 73.5 cm³/mol. The maximum atomic E-state index is 5.15. The van der Waals surface area contributed by atoms with Gasteiger partial charge in [0, 0.05) is 6.04 Å². The van der Waals surface area contributed by atoms with Crippen LogP contribution in [0.2, 0.25) is 0 Å². The Balaban J connectivity index is 2.33. The van der Waals surface area contributed by atoms with E-state index in [1.54, 1.807) is 7.11 Å². The molecule has 0 aliphatic heterocycles. The van der Waals surface area contributed by atoms with Crippen LogP contribution in [0.5, 0.6) is 5.75 Å². The van der Waals surface area contributed by atoms with Crippen LogP contribution in [0.25, 0.3) is 0 Å². The van der Waals surface area contributed by atoms with Gasteiger partial charge < -0.3 is 10.1 Å². The van der Waals surface area contributed by atoms with Crippen molar-refractivity contribution in [1.29, 1.82) is 0 Å². The van der Waals surface area contributed by atoms with Crippen LogP contribution in [0.4, 0.5) is 0 Å². The molecule has 0 saturated carbocycles. The molecule has 2 nitrogen and oxygen atoms in total. The van der Waals surface area contributed by atoms with Gasteiger partial charge in [0.05, 0.1) is 7.11 Å². The summed E-state index contributed by atoms with van der Waals surface area (Å²) >= 11 is 0. The zero-order valence-electron chi connectivity index (χ0n) is 11.5. The molecule has 0 aliphatic carbocycles. The number of benzene rings is 1. The number of hydrogen-bond acceptors (Lipinski definition) is 2. The van der Waals surface area contributed by atoms with Crippen molar-refractivity contribution in [2.75, 3.05) is 13.7 Å². The zero-order valence-corrected chi connectivity index (χ0v) is 11.5. The molecule has 0 spiro atoms. The molecule has 0 bridgehead atoms. The fraction of sp³-hybridized carbons (Fsp3) is 0.600. The summed E-state index contributed by atoms with van der Waals surface area (Å²) < 4.78 is 5.15. The van der Waals surface area contributed by atoms with E-state index in [1.807, 2.05) is 12.1 Å². The van der Waals surface area contributed by atoms with Gasteiger partial charge in [0.25, 0.3) is 0 Å². The Morgan fingerprint density at radius 1 is 1.12 bits per heavy atom. The standard InChI is InChI=1S/C15H25NO/c1-12(2)6-5-11-16-13(3)14-7-9-15(17-4)10-8-14/h7-10,12-13,16H,5-6,11H2,1-4H3. The lowest BCUT2D eigenvalue weighted by Crippen LogP contribution is -2.20. The van der Waals surface area contributed by atoms with Crippen molar-refractivity contribution in [3.63, 3.8) is 0 Å². The Morgan fingerprint density at radius 2 is 1.76 bits per heavy atom. The van der Waals surface area contributed by atoms with E-state index in [0.717, 1.165) is 18.2 Å². The largest absolute Gasteiger partial charge is 0.497 e. The lowest BCUT2D eigenvalue weighted by atomic mass is 10.1. The average Bonchev–Trinajstić information content (AvgIpc) is 2.34. The van der Waals surface area contributed by atoms with Crippen LogP contribution in [0, 0.1) is 5.92 Å². The monoisotopic (exact) mass is 235 g/mol. The summed E-state index contributed by atoms with van der Waals surface area (Å²) in [5.74, 6) is 1.72. The summed E-state index contributed by atoms with van der Waals surface area (Å²) in [6.45, 7) is 7.84. The van der Waals surface area contributed by atoms with E-state index >= 15 is 0 Å². The summed E-state index contributed by atoms with van der Waals surface area (Å²) in [4.78, 5) is 0. The molecule has 0 aromatic heterocycles. The summed E-state index contributed by atoms with van der Waals surface area (Å²) in [6, 6.07) is 8.69. The van der Waals surface area contributed by atoms with Gasteiger partial charge in [-0.15, -0.1) is 0 Å². The first-order valence-electron chi connectivity index (χ1n) is 6.50. The molecule has 1 N–H and O–H groups in total. The molecule has 0 radical (unpaired) electrons. The number of methoxy groups -OCH3 is 1. The van der Waals surface area contributed by atoms with E-state index in [2.05, 4.69) is 38.2 Å². The van der Waals surface area contributed by atoms with Crippen LogP contribution in [0.1, 0.15) is 45.2 Å². The topological polar surface area (TPSA) is 21.3 Å². The number of rotatable bonds is 7. The molecule has 0 aliphatic rings. The second kappa shape index (κ2) is 7.33. The first-order valence-corrected chi connectivity index (χ1v) is 6.50. The summed E-state index contributed by atoms with van der Waals surface area (Å²) in [7, 11) is 1.70. The third-order valence-corrected chi connectivity index (χ3v) is 3.02. The van der Waals surface area contributed by atoms with Gasteiger partial charge in [-0.05, 0) is 49.9 Å². The fourth-order valence-corrected chi connectivity index (χ4v) is 1.84. The zero-order chi connectivity index (χ0) is 12.7. The number of hydrogen-bond donors (Lipinski definition) is 1. The molecule has 1 atom stereocenters. The van der Waals surface area contributed by atoms with Crippen molar-refractivity contribution < 1.29 is 4.74 Å². The normalized spacial score (nSPS) is 12.8. The van der Waals surface area contributed by atoms with E-state index in [1.165, 1.54) is 18.4 Å². The van der Waals surface area contributed by atoms with Gasteiger partial charge in [-0.2, -0.15) is 0 Å². The molecule has 0 amide bonds. The van der Waals surface area contributed by atoms with E-state index in [-0.39, 0.29) is 0 Å². The van der Waals surface area contributed by atoms with Crippen LogP contribution in [-0.4, -0.2) is 13.7 Å². The van der Waals surface area contributed by atoms with Crippen molar-refractivity contribution in [2.24, 2.45) is 5.92 Å². The third kappa shape index (κ3) is 5.22. The Bertz CT molecular complexity index is 305. The van der Waals surface area contributed by atoms with Crippen LogP contribution in [0.15, 0.2) is 24.3 Å². The summed E-state index contributed by atoms with van der Waals surface area (Å²) in [5, 5.41) is 3.55. The highest BCUT2D eigenvalue weighted by Crippen LogP contribution is 2.17. The Hall–Kier alpha value is -1.02. The maximum absolute atomic E-state index is 5.15. The Kier molecular flexibility index (Phi) is 6.06. The van der Waals surface area contributed by atoms with Crippen molar-refractivity contribution in [1.82, 2.24) is 5.32 Å². The molecule has 1 aromatic carbocycles. The minimum absolute atomic E-state index is 0.410. The second-order valence-electron chi connectivity index (χ2n) is 4.99. The third-order valence-electron chi connectivity index (χ3n) is 3.02. The van der Waals surface area contributed by atoms with E-state index in [0.29, 0.717) is 6.04 Å². The van der Waals surface area contributed by atoms with Crippen LogP contribution in [-0.2, 0) is 0 Å². The molecule has 1 rings (SSSR count). The Morgan fingerprint density at radius 3 is 2.29 bits per heavy atom. The molecule has 0 fully saturated rings. The minimum atomic E-state index is 0.410. The second-order valence-corrected chi connectivity index (χ2v) is 4.99. The highest BCUT2D eigenvalue weighted by molar-refractivity contribution is 5.28. The van der Waals surface area contributed by atoms with Crippen LogP contribution in [0.3, 0.4) is 0 Å². The van der Waals surface area contributed by atoms with E-state index in [9.17, 15) is 0 Å². The first kappa shape index (κ1) is 14.0. The van der Waals surface area contributed by atoms with Gasteiger partial charge >= 0.3 is 0 Å². The van der Waals surface area contributed by atoms with Gasteiger partial charge in [-0.25, -0.2) is 0 Å². The molecule has 1 aromatic rings. The van der Waals surface area contributed by atoms with Crippen LogP contribution < -0.4 is 10.1 Å². The smallest absolute Gasteiger partial charge is 0.118 e. The van der Waals surface area contributed by atoms with Gasteiger partial charge in [0.15, 0.2) is 0 Å². The molecule has 0 saturated heterocycles. The average molecular weight is 235 g/mol. The van der Waals surface area contributed by atoms with Crippen molar-refractivity contribution in [2.45, 2.75) is 39.7 Å². The lowest BCUT2D eigenvalue weighted by molar-refractivity contribution is 0.414. The molecule has 1 unspecified atom stereocenters. The maximum Gasteiger partial charge on any atom is 0.118 e. The van der Waals surface area contributed by atoms with E-state index in [4.69, 9.17) is 4.74 Å². The summed E-state index contributed by atoms with van der Waals surface area (Å²) in [5.41, 5.74) is 1.32. The lowest BCUT2D eigenvalue weighted by Gasteiger charge is -2.15. The quantitative estimate of drug-likeness (QED) is 0.726. The molecular formula is C15H25NO. The van der Waals surface area contributed by atoms with Crippen LogP contribution >= 0.6 is 0 Å². The number of nitrogens with one attached hydrogen (secondary N) is 1. The van der Waals surface area contributed by atoms with Gasteiger partial charge in [-0.3, -0.25) is 0 Å². The SMILES string of the molecule is COc1ccc(C(C)NCCCC(C)C)cc1. The van der Waals surface area contributed by atoms with Gasteiger partial charge in [0.2, 0.25) is 0 Å². The van der Waals surface area contributed by atoms with Crippen molar-refractivity contribution >= 4 is 0 Å². The highest BCUT2D eigenvalue weighted by atomic mass is 16.5. The predicted octanol–water partition coefficient (Wildman–Crippen LogP) is 3.78. The van der Waals surface area contributed by atoms with Gasteiger partial charge in [0.1, 0.15) is 5.75 Å². The van der Waals surface area contributed by atoms with Crippen molar-refractivity contribution in [3.8, 4) is 5.75 Å². The first-order chi connectivity index (χ1) is 8.13. The molecule has 96 valence electrons. The highest BCUT2D eigenvalue weighted by Gasteiger charge is 2.04. The van der Waals surface area contributed by atoms with Gasteiger partial charge in [-0.1, -0.05) is 26.0 Å². The number of ether oxygens (including phenoxy) is 1. The molecular weight excluding hydrogens is 210 g/mol. The summed E-state index contributed by atoms with van der Waals surface area (Å²) in [6.07, 6.45) is 2.54. The molecule has 0 heterocycles. The minimum Gasteiger partial charge on any atom is -0.497 e. The van der Waals surface area contributed by atoms with Crippen molar-refractivity contribution in [3.05, 3.63) is 29.8 Å². The van der Waals surface area contributed by atoms with E-state index < -0.39 is 0 Å². The fourth-order valence-electron chi connectivity index (χ4n) is 1.84. The molecule has 17 heavy (non-hydrogen) atoms. The Labute approximate surface area is 105 Å².